The molecule has 1 aliphatic rings. The van der Waals surface area contributed by atoms with Crippen LogP contribution in [-0.4, -0.2) is 68.6 Å². The standard InChI is InChI=1S/C41H46FN5O4/c1-39(2,3)50-37(48)45-26-29(25-42)24-33(27-45)47(38(49)51-40(4,5)6)36-34-22-23-46(35(34)43-28-44-36)41(30-16-10-7-11-17-30,31-18-12-8-13-19-31)32-20-14-9-15-21-32/h7-23,28-29,33H,24-27H2,1-6H3/t29-,33-/m1/s1. The normalized spacial score (nSPS) is 16.9. The molecule has 0 saturated carbocycles. The zero-order chi connectivity index (χ0) is 36.4. The van der Waals surface area contributed by atoms with Crippen LogP contribution in [0.1, 0.15) is 64.7 Å². The number of hydrogen-bond donors (Lipinski definition) is 0. The Kier molecular flexibility index (Phi) is 9.88. The predicted octanol–water partition coefficient (Wildman–Crippen LogP) is 8.61. The van der Waals surface area contributed by atoms with E-state index in [2.05, 4.69) is 41.0 Å². The Morgan fingerprint density at radius 1 is 0.765 bits per heavy atom. The Labute approximate surface area is 299 Å². The Bertz CT molecular complexity index is 1860. The van der Waals surface area contributed by atoms with Crippen LogP contribution >= 0.6 is 0 Å². The van der Waals surface area contributed by atoms with E-state index in [0.717, 1.165) is 16.7 Å². The SMILES string of the molecule is CC(C)(C)OC(=O)N1C[C@@H](CF)C[C@@H](N(C(=O)OC(C)(C)C)c2ncnc3c2ccn3C(c2ccccc2)(c2ccccc2)c2ccccc2)C1. The summed E-state index contributed by atoms with van der Waals surface area (Å²) in [5, 5.41) is 0.599. The second-order valence-corrected chi connectivity index (χ2v) is 15.1. The molecule has 2 atom stereocenters. The summed E-state index contributed by atoms with van der Waals surface area (Å²) in [6.45, 7) is 10.4. The van der Waals surface area contributed by atoms with Gasteiger partial charge < -0.3 is 18.9 Å². The number of benzene rings is 3. The summed E-state index contributed by atoms with van der Waals surface area (Å²) in [6, 6.07) is 32.0. The second-order valence-electron chi connectivity index (χ2n) is 15.1. The van der Waals surface area contributed by atoms with Crippen molar-refractivity contribution < 1.29 is 23.5 Å². The van der Waals surface area contributed by atoms with Crippen molar-refractivity contribution >= 4 is 29.0 Å². The lowest BCUT2D eigenvalue weighted by Gasteiger charge is -2.42. The lowest BCUT2D eigenvalue weighted by atomic mass is 9.76. The first-order valence-electron chi connectivity index (χ1n) is 17.4. The number of halogens is 1. The lowest BCUT2D eigenvalue weighted by Crippen LogP contribution is -2.56. The summed E-state index contributed by atoms with van der Waals surface area (Å²) >= 11 is 0. The van der Waals surface area contributed by atoms with Crippen LogP contribution in [0, 0.1) is 5.92 Å². The van der Waals surface area contributed by atoms with Gasteiger partial charge in [0.05, 0.1) is 18.1 Å². The van der Waals surface area contributed by atoms with Crippen LogP contribution in [0.2, 0.25) is 0 Å². The maximum atomic E-state index is 14.5. The molecule has 1 saturated heterocycles. The summed E-state index contributed by atoms with van der Waals surface area (Å²) in [6.07, 6.45) is 2.50. The van der Waals surface area contributed by atoms with Gasteiger partial charge in [0.25, 0.3) is 0 Å². The fraction of sp³-hybridized carbons (Fsp3) is 0.366. The van der Waals surface area contributed by atoms with Crippen molar-refractivity contribution in [3.05, 3.63) is 126 Å². The highest BCUT2D eigenvalue weighted by molar-refractivity contribution is 5.98. The molecule has 2 aromatic heterocycles. The van der Waals surface area contributed by atoms with E-state index < -0.39 is 47.6 Å². The molecule has 0 spiro atoms. The maximum Gasteiger partial charge on any atom is 0.416 e. The average molecular weight is 692 g/mol. The van der Waals surface area contributed by atoms with Crippen molar-refractivity contribution in [2.24, 2.45) is 5.92 Å². The van der Waals surface area contributed by atoms with Crippen molar-refractivity contribution in [2.75, 3.05) is 24.7 Å². The lowest BCUT2D eigenvalue weighted by molar-refractivity contribution is 0.0110. The largest absolute Gasteiger partial charge is 0.444 e. The first-order chi connectivity index (χ1) is 24.3. The number of nitrogens with zero attached hydrogens (tertiary/aromatic N) is 5. The molecule has 0 radical (unpaired) electrons. The van der Waals surface area contributed by atoms with Gasteiger partial charge in [0, 0.05) is 25.2 Å². The van der Waals surface area contributed by atoms with E-state index in [1.54, 1.807) is 41.5 Å². The van der Waals surface area contributed by atoms with Gasteiger partial charge in [-0.1, -0.05) is 91.0 Å². The predicted molar refractivity (Wildman–Crippen MR) is 197 cm³/mol. The van der Waals surface area contributed by atoms with Gasteiger partial charge in [0.15, 0.2) is 5.82 Å². The number of likely N-dealkylation sites (tertiary alicyclic amines) is 1. The molecule has 266 valence electrons. The van der Waals surface area contributed by atoms with Crippen molar-refractivity contribution in [2.45, 2.75) is 70.7 Å². The number of piperidine rings is 1. The van der Waals surface area contributed by atoms with E-state index in [9.17, 15) is 14.0 Å². The number of amides is 2. The van der Waals surface area contributed by atoms with Crippen LogP contribution in [0.25, 0.3) is 11.0 Å². The monoisotopic (exact) mass is 691 g/mol. The first-order valence-corrected chi connectivity index (χ1v) is 17.4. The van der Waals surface area contributed by atoms with Crippen LogP contribution in [0.5, 0.6) is 0 Å². The van der Waals surface area contributed by atoms with Crippen LogP contribution in [-0.2, 0) is 15.0 Å². The molecule has 3 heterocycles. The summed E-state index contributed by atoms with van der Waals surface area (Å²) < 4.78 is 28.3. The minimum absolute atomic E-state index is 0.110. The molecule has 0 bridgehead atoms. The Balaban J connectivity index is 1.56. The number of fused-ring (bicyclic) bond motifs is 1. The third kappa shape index (κ3) is 7.31. The second kappa shape index (κ2) is 14.2. The third-order valence-corrected chi connectivity index (χ3v) is 8.96. The number of ether oxygens (including phenoxy) is 2. The Morgan fingerprint density at radius 2 is 1.29 bits per heavy atom. The number of alkyl halides is 1. The minimum atomic E-state index is -0.869. The smallest absolute Gasteiger partial charge is 0.416 e. The maximum absolute atomic E-state index is 14.5. The molecule has 51 heavy (non-hydrogen) atoms. The number of aromatic nitrogens is 3. The Hall–Kier alpha value is -5.25. The van der Waals surface area contributed by atoms with Crippen LogP contribution < -0.4 is 4.90 Å². The topological polar surface area (TPSA) is 89.8 Å². The highest BCUT2D eigenvalue weighted by Crippen LogP contribution is 2.44. The van der Waals surface area contributed by atoms with Gasteiger partial charge in [-0.2, -0.15) is 0 Å². The number of rotatable bonds is 7. The molecule has 9 nitrogen and oxygen atoms in total. The molecule has 0 aliphatic carbocycles. The zero-order valence-corrected chi connectivity index (χ0v) is 30.1. The number of anilines is 1. The van der Waals surface area contributed by atoms with E-state index >= 15 is 0 Å². The molecule has 0 unspecified atom stereocenters. The van der Waals surface area contributed by atoms with Crippen LogP contribution in [0.4, 0.5) is 19.8 Å². The minimum Gasteiger partial charge on any atom is -0.444 e. The van der Waals surface area contributed by atoms with Gasteiger partial charge in [-0.25, -0.2) is 19.6 Å². The molecular formula is C41H46FN5O4. The summed E-state index contributed by atoms with van der Waals surface area (Å²) in [4.78, 5) is 40.1. The fourth-order valence-corrected chi connectivity index (χ4v) is 7.02. The summed E-state index contributed by atoms with van der Waals surface area (Å²) in [5.41, 5.74) is 1.15. The van der Waals surface area contributed by atoms with E-state index in [0.29, 0.717) is 23.3 Å². The average Bonchev–Trinajstić information content (AvgIpc) is 3.54. The van der Waals surface area contributed by atoms with Crippen molar-refractivity contribution in [3.8, 4) is 0 Å². The van der Waals surface area contributed by atoms with E-state index in [1.165, 1.54) is 16.1 Å². The summed E-state index contributed by atoms with van der Waals surface area (Å²) in [7, 11) is 0. The number of carbonyl (C=O) groups excluding carboxylic acids is 2. The third-order valence-electron chi connectivity index (χ3n) is 8.96. The van der Waals surface area contributed by atoms with E-state index in [-0.39, 0.29) is 13.1 Å². The number of hydrogen-bond acceptors (Lipinski definition) is 6. The van der Waals surface area contributed by atoms with Gasteiger partial charge in [-0.3, -0.25) is 9.29 Å². The molecule has 2 amide bonds. The van der Waals surface area contributed by atoms with Gasteiger partial charge >= 0.3 is 12.2 Å². The van der Waals surface area contributed by atoms with Crippen molar-refractivity contribution in [1.82, 2.24) is 19.4 Å². The molecule has 6 rings (SSSR count). The zero-order valence-electron chi connectivity index (χ0n) is 30.1. The molecule has 5 aromatic rings. The molecule has 10 heteroatoms. The van der Waals surface area contributed by atoms with Crippen LogP contribution in [0.15, 0.2) is 110 Å². The quantitative estimate of drug-likeness (QED) is 0.159. The van der Waals surface area contributed by atoms with Gasteiger partial charge in [-0.15, -0.1) is 0 Å². The molecule has 1 aliphatic heterocycles. The van der Waals surface area contributed by atoms with Gasteiger partial charge in [-0.05, 0) is 70.7 Å². The summed E-state index contributed by atoms with van der Waals surface area (Å²) in [5.74, 6) is -0.213. The van der Waals surface area contributed by atoms with E-state index in [4.69, 9.17) is 19.4 Å². The fourth-order valence-electron chi connectivity index (χ4n) is 7.02. The van der Waals surface area contributed by atoms with E-state index in [1.807, 2.05) is 66.9 Å². The molecule has 1 fully saturated rings. The number of carbonyl (C=O) groups is 2. The molecular weight excluding hydrogens is 645 g/mol. The first kappa shape index (κ1) is 35.6. The van der Waals surface area contributed by atoms with Gasteiger partial charge in [0.1, 0.15) is 28.7 Å². The van der Waals surface area contributed by atoms with Gasteiger partial charge in [0.2, 0.25) is 0 Å². The highest BCUT2D eigenvalue weighted by Gasteiger charge is 2.42. The highest BCUT2D eigenvalue weighted by atomic mass is 19.1. The van der Waals surface area contributed by atoms with Crippen molar-refractivity contribution in [1.29, 1.82) is 0 Å². The molecule has 0 N–H and O–H groups in total. The molecule has 3 aromatic carbocycles. The van der Waals surface area contributed by atoms with Crippen LogP contribution in [0.3, 0.4) is 0 Å². The van der Waals surface area contributed by atoms with Crippen molar-refractivity contribution in [3.63, 3.8) is 0 Å². The Morgan fingerprint density at radius 3 is 1.78 bits per heavy atom.